The molecule has 0 saturated carbocycles. The van der Waals surface area contributed by atoms with Gasteiger partial charge in [-0.1, -0.05) is 13.8 Å². The number of rotatable bonds is 5. The summed E-state index contributed by atoms with van der Waals surface area (Å²) in [5, 5.41) is 8.08. The van der Waals surface area contributed by atoms with Crippen molar-refractivity contribution in [2.45, 2.75) is 58.2 Å². The van der Waals surface area contributed by atoms with E-state index < -0.39 is 0 Å². The molecule has 0 aromatic carbocycles. The molecule has 108 valence electrons. The number of aromatic nitrogens is 2. The van der Waals surface area contributed by atoms with Crippen LogP contribution in [-0.2, 0) is 6.54 Å². The van der Waals surface area contributed by atoms with Crippen molar-refractivity contribution in [1.82, 2.24) is 20.0 Å². The highest BCUT2D eigenvalue weighted by Gasteiger charge is 2.40. The molecule has 0 atom stereocenters. The van der Waals surface area contributed by atoms with Crippen LogP contribution in [0.3, 0.4) is 0 Å². The van der Waals surface area contributed by atoms with Crippen LogP contribution in [0.25, 0.3) is 0 Å². The molecule has 2 rings (SSSR count). The van der Waals surface area contributed by atoms with E-state index in [1.165, 1.54) is 12.8 Å². The van der Waals surface area contributed by atoms with Crippen LogP contribution in [0.4, 0.5) is 0 Å². The minimum Gasteiger partial charge on any atom is -0.308 e. The predicted octanol–water partition coefficient (Wildman–Crippen LogP) is 2.13. The van der Waals surface area contributed by atoms with Crippen molar-refractivity contribution >= 4 is 0 Å². The molecule has 0 aliphatic carbocycles. The standard InChI is InChI=1S/C15H28N4/c1-5-15(6-2)13-18(14(3,4)12-16-15)10-11-19-9-7-8-17-19/h7-9,16H,5-6,10-13H2,1-4H3. The van der Waals surface area contributed by atoms with E-state index >= 15 is 0 Å². The summed E-state index contributed by atoms with van der Waals surface area (Å²) in [5.41, 5.74) is 0.515. The fourth-order valence-electron chi connectivity index (χ4n) is 2.91. The normalized spacial score (nSPS) is 22.5. The zero-order chi connectivity index (χ0) is 13.9. The van der Waals surface area contributed by atoms with Gasteiger partial charge in [0.2, 0.25) is 0 Å². The summed E-state index contributed by atoms with van der Waals surface area (Å²) < 4.78 is 2.03. The molecule has 0 unspecified atom stereocenters. The van der Waals surface area contributed by atoms with Crippen LogP contribution >= 0.6 is 0 Å². The van der Waals surface area contributed by atoms with E-state index in [0.717, 1.165) is 26.2 Å². The molecule has 0 bridgehead atoms. The molecule has 1 aliphatic heterocycles. The van der Waals surface area contributed by atoms with Crippen molar-refractivity contribution in [1.29, 1.82) is 0 Å². The van der Waals surface area contributed by atoms with Crippen molar-refractivity contribution in [2.24, 2.45) is 0 Å². The maximum Gasteiger partial charge on any atom is 0.0536 e. The molecular weight excluding hydrogens is 236 g/mol. The summed E-state index contributed by atoms with van der Waals surface area (Å²) in [6.07, 6.45) is 6.28. The van der Waals surface area contributed by atoms with Crippen LogP contribution in [0.2, 0.25) is 0 Å². The van der Waals surface area contributed by atoms with Gasteiger partial charge < -0.3 is 5.32 Å². The summed E-state index contributed by atoms with van der Waals surface area (Å²) in [7, 11) is 0. The van der Waals surface area contributed by atoms with E-state index in [0.29, 0.717) is 5.54 Å². The van der Waals surface area contributed by atoms with Crippen LogP contribution in [-0.4, -0.2) is 45.4 Å². The van der Waals surface area contributed by atoms with Gasteiger partial charge in [0, 0.05) is 43.1 Å². The van der Waals surface area contributed by atoms with E-state index in [-0.39, 0.29) is 5.54 Å². The van der Waals surface area contributed by atoms with Crippen LogP contribution < -0.4 is 5.32 Å². The van der Waals surface area contributed by atoms with E-state index in [1.807, 2.05) is 23.1 Å². The Bertz CT molecular complexity index is 379. The highest BCUT2D eigenvalue weighted by Crippen LogP contribution is 2.27. The third-order valence-electron chi connectivity index (χ3n) is 4.76. The Morgan fingerprint density at radius 1 is 1.21 bits per heavy atom. The quantitative estimate of drug-likeness (QED) is 0.884. The summed E-state index contributed by atoms with van der Waals surface area (Å²) in [4.78, 5) is 2.62. The Morgan fingerprint density at radius 3 is 2.53 bits per heavy atom. The van der Waals surface area contributed by atoms with Gasteiger partial charge in [-0.25, -0.2) is 0 Å². The van der Waals surface area contributed by atoms with Gasteiger partial charge in [-0.2, -0.15) is 5.10 Å². The predicted molar refractivity (Wildman–Crippen MR) is 79.2 cm³/mol. The Balaban J connectivity index is 2.02. The van der Waals surface area contributed by atoms with E-state index in [9.17, 15) is 0 Å². The van der Waals surface area contributed by atoms with E-state index in [1.54, 1.807) is 0 Å². The zero-order valence-electron chi connectivity index (χ0n) is 12.8. The first-order chi connectivity index (χ1) is 9.01. The molecule has 1 saturated heterocycles. The van der Waals surface area contributed by atoms with Gasteiger partial charge in [-0.3, -0.25) is 9.58 Å². The minimum absolute atomic E-state index is 0.223. The number of nitrogens with one attached hydrogen (secondary N) is 1. The highest BCUT2D eigenvalue weighted by molar-refractivity contribution is 5.00. The maximum atomic E-state index is 4.30. The van der Waals surface area contributed by atoms with Gasteiger partial charge in [0.25, 0.3) is 0 Å². The lowest BCUT2D eigenvalue weighted by Gasteiger charge is -2.52. The van der Waals surface area contributed by atoms with Crippen molar-refractivity contribution in [3.63, 3.8) is 0 Å². The molecule has 1 aromatic rings. The fraction of sp³-hybridized carbons (Fsp3) is 0.800. The second kappa shape index (κ2) is 5.63. The number of nitrogens with zero attached hydrogens (tertiary/aromatic N) is 3. The van der Waals surface area contributed by atoms with Crippen molar-refractivity contribution in [2.75, 3.05) is 19.6 Å². The molecule has 0 spiro atoms. The maximum absolute atomic E-state index is 4.30. The molecule has 1 aromatic heterocycles. The van der Waals surface area contributed by atoms with Gasteiger partial charge >= 0.3 is 0 Å². The summed E-state index contributed by atoms with van der Waals surface area (Å²) in [6.45, 7) is 13.5. The molecule has 2 heterocycles. The monoisotopic (exact) mass is 264 g/mol. The van der Waals surface area contributed by atoms with Crippen LogP contribution in [0, 0.1) is 0 Å². The Kier molecular flexibility index (Phi) is 4.31. The van der Waals surface area contributed by atoms with Crippen LogP contribution in [0.1, 0.15) is 40.5 Å². The van der Waals surface area contributed by atoms with Gasteiger partial charge in [-0.05, 0) is 32.8 Å². The third-order valence-corrected chi connectivity index (χ3v) is 4.76. The van der Waals surface area contributed by atoms with Gasteiger partial charge in [0.1, 0.15) is 0 Å². The van der Waals surface area contributed by atoms with Crippen LogP contribution in [0.5, 0.6) is 0 Å². The number of hydrogen-bond donors (Lipinski definition) is 1. The number of piperazine rings is 1. The van der Waals surface area contributed by atoms with Gasteiger partial charge in [0.15, 0.2) is 0 Å². The SMILES string of the molecule is CCC1(CC)CN(CCn2cccn2)C(C)(C)CN1. The largest absolute Gasteiger partial charge is 0.308 e. The smallest absolute Gasteiger partial charge is 0.0536 e. The Morgan fingerprint density at radius 2 is 1.95 bits per heavy atom. The molecule has 4 heteroatoms. The molecule has 19 heavy (non-hydrogen) atoms. The molecular formula is C15H28N4. The first-order valence-electron chi connectivity index (χ1n) is 7.49. The Hall–Kier alpha value is -0.870. The van der Waals surface area contributed by atoms with Gasteiger partial charge in [0.05, 0.1) is 6.54 Å². The second-order valence-corrected chi connectivity index (χ2v) is 6.34. The molecule has 0 amide bonds. The van der Waals surface area contributed by atoms with Crippen molar-refractivity contribution in [3.05, 3.63) is 18.5 Å². The van der Waals surface area contributed by atoms with E-state index in [4.69, 9.17) is 0 Å². The lowest BCUT2D eigenvalue weighted by molar-refractivity contribution is 0.0195. The highest BCUT2D eigenvalue weighted by atomic mass is 15.3. The van der Waals surface area contributed by atoms with Gasteiger partial charge in [-0.15, -0.1) is 0 Å². The van der Waals surface area contributed by atoms with Crippen molar-refractivity contribution < 1.29 is 0 Å². The molecule has 1 N–H and O–H groups in total. The average molecular weight is 264 g/mol. The first kappa shape index (κ1) is 14.5. The van der Waals surface area contributed by atoms with E-state index in [2.05, 4.69) is 43.0 Å². The Labute approximate surface area is 117 Å². The topological polar surface area (TPSA) is 33.1 Å². The molecule has 0 radical (unpaired) electrons. The molecule has 4 nitrogen and oxygen atoms in total. The lowest BCUT2D eigenvalue weighted by Crippen LogP contribution is -2.68. The number of hydrogen-bond acceptors (Lipinski definition) is 3. The summed E-state index contributed by atoms with van der Waals surface area (Å²) in [5.74, 6) is 0. The molecule has 1 aliphatic rings. The summed E-state index contributed by atoms with van der Waals surface area (Å²) >= 11 is 0. The zero-order valence-corrected chi connectivity index (χ0v) is 12.8. The van der Waals surface area contributed by atoms with Crippen molar-refractivity contribution in [3.8, 4) is 0 Å². The third kappa shape index (κ3) is 3.18. The first-order valence-corrected chi connectivity index (χ1v) is 7.49. The summed E-state index contributed by atoms with van der Waals surface area (Å²) in [6, 6.07) is 1.99. The average Bonchev–Trinajstić information content (AvgIpc) is 2.91. The second-order valence-electron chi connectivity index (χ2n) is 6.34. The fourth-order valence-corrected chi connectivity index (χ4v) is 2.91. The lowest BCUT2D eigenvalue weighted by atomic mass is 9.85. The minimum atomic E-state index is 0.223. The van der Waals surface area contributed by atoms with Crippen LogP contribution in [0.15, 0.2) is 18.5 Å². The molecule has 1 fully saturated rings.